The van der Waals surface area contributed by atoms with E-state index in [1.807, 2.05) is 0 Å². The standard InChI is InChI=1S/C75H143NO5/c1-3-5-7-9-11-13-15-17-19-21-32-37-41-45-49-53-57-61-65-69-75(80)81-70-66-62-58-54-50-46-42-38-34-31-29-27-25-23-22-24-26-28-30-33-36-40-44-48-52-56-60-64-68-74(79)76-72(71-77)73(78)67-63-59-55-51-47-43-39-35-20-18-16-14-12-10-8-6-4-2/h11,13,17,19,22-23,72-73,77-78H,3-10,12,14-16,18,20-21,24-71H2,1-2H3,(H,76,79)/b13-11-,19-17-,23-22-. The molecule has 0 aliphatic heterocycles. The molecule has 478 valence electrons. The topological polar surface area (TPSA) is 95.9 Å². The van der Waals surface area contributed by atoms with Crippen molar-refractivity contribution in [3.05, 3.63) is 36.5 Å². The zero-order chi connectivity index (χ0) is 58.5. The highest BCUT2D eigenvalue weighted by atomic mass is 16.5. The third-order valence-electron chi connectivity index (χ3n) is 17.2. The molecule has 0 fully saturated rings. The lowest BCUT2D eigenvalue weighted by molar-refractivity contribution is -0.143. The van der Waals surface area contributed by atoms with Gasteiger partial charge in [0.2, 0.25) is 5.91 Å². The summed E-state index contributed by atoms with van der Waals surface area (Å²) in [4.78, 5) is 24.6. The van der Waals surface area contributed by atoms with Crippen LogP contribution in [-0.2, 0) is 14.3 Å². The van der Waals surface area contributed by atoms with E-state index < -0.39 is 12.1 Å². The van der Waals surface area contributed by atoms with Gasteiger partial charge >= 0.3 is 5.97 Å². The molecule has 0 aromatic carbocycles. The van der Waals surface area contributed by atoms with E-state index in [1.165, 1.54) is 321 Å². The predicted molar refractivity (Wildman–Crippen MR) is 356 cm³/mol. The molecule has 0 aliphatic rings. The maximum atomic E-state index is 12.5. The molecule has 0 aliphatic carbocycles. The number of aliphatic hydroxyl groups is 2. The molecule has 0 rings (SSSR count). The zero-order valence-electron chi connectivity index (χ0n) is 54.8. The van der Waals surface area contributed by atoms with Crippen LogP contribution in [0.1, 0.15) is 406 Å². The van der Waals surface area contributed by atoms with Gasteiger partial charge in [0, 0.05) is 12.8 Å². The number of carbonyl (C=O) groups excluding carboxylic acids is 2. The highest BCUT2D eigenvalue weighted by Crippen LogP contribution is 2.19. The van der Waals surface area contributed by atoms with Crippen LogP contribution in [0.4, 0.5) is 0 Å². The number of amides is 1. The SMILES string of the molecule is CCCCC/C=C\C/C=C\CCCCCCCCCCCC(=O)OCCCCCCCCCCCCCC/C=C\CCCCCCCCCCCCCCC(=O)NC(CO)C(O)CCCCCCCCCCCCCCCCCCC. The van der Waals surface area contributed by atoms with Crippen molar-refractivity contribution >= 4 is 11.9 Å². The average Bonchev–Trinajstić information content (AvgIpc) is 3.47. The van der Waals surface area contributed by atoms with Crippen molar-refractivity contribution in [1.29, 1.82) is 0 Å². The normalized spacial score (nSPS) is 12.7. The van der Waals surface area contributed by atoms with Gasteiger partial charge in [0.25, 0.3) is 0 Å². The molecule has 6 heteroatoms. The van der Waals surface area contributed by atoms with Crippen LogP contribution in [0.25, 0.3) is 0 Å². The molecule has 0 radical (unpaired) electrons. The van der Waals surface area contributed by atoms with Crippen LogP contribution in [0.3, 0.4) is 0 Å². The molecule has 0 spiro atoms. The minimum Gasteiger partial charge on any atom is -0.466 e. The number of hydrogen-bond donors (Lipinski definition) is 3. The second-order valence-electron chi connectivity index (χ2n) is 25.3. The van der Waals surface area contributed by atoms with Gasteiger partial charge in [-0.25, -0.2) is 0 Å². The largest absolute Gasteiger partial charge is 0.466 e. The Kier molecular flexibility index (Phi) is 68.9. The van der Waals surface area contributed by atoms with E-state index >= 15 is 0 Å². The van der Waals surface area contributed by atoms with Crippen molar-refractivity contribution in [3.8, 4) is 0 Å². The molecule has 1 amide bonds. The van der Waals surface area contributed by atoms with Crippen LogP contribution >= 0.6 is 0 Å². The van der Waals surface area contributed by atoms with E-state index in [1.54, 1.807) is 0 Å². The van der Waals surface area contributed by atoms with E-state index in [9.17, 15) is 19.8 Å². The molecular weight excluding hydrogens is 995 g/mol. The van der Waals surface area contributed by atoms with Crippen molar-refractivity contribution in [1.82, 2.24) is 5.32 Å². The van der Waals surface area contributed by atoms with Crippen LogP contribution in [0, 0.1) is 0 Å². The number of allylic oxidation sites excluding steroid dienone is 6. The molecule has 0 heterocycles. The van der Waals surface area contributed by atoms with Gasteiger partial charge in [0.1, 0.15) is 0 Å². The molecule has 0 aromatic heterocycles. The van der Waals surface area contributed by atoms with Gasteiger partial charge in [-0.2, -0.15) is 0 Å². The number of carbonyl (C=O) groups is 2. The molecule has 2 atom stereocenters. The van der Waals surface area contributed by atoms with E-state index in [4.69, 9.17) is 4.74 Å². The fraction of sp³-hybridized carbons (Fsp3) is 0.893. The van der Waals surface area contributed by atoms with Gasteiger partial charge < -0.3 is 20.3 Å². The van der Waals surface area contributed by atoms with Gasteiger partial charge in [-0.1, -0.05) is 346 Å². The molecule has 0 bridgehead atoms. The Morgan fingerprint density at radius 1 is 0.346 bits per heavy atom. The lowest BCUT2D eigenvalue weighted by Gasteiger charge is -2.22. The summed E-state index contributed by atoms with van der Waals surface area (Å²) in [5.74, 6) is -0.0189. The van der Waals surface area contributed by atoms with Gasteiger partial charge in [-0.3, -0.25) is 9.59 Å². The minimum atomic E-state index is -0.665. The Morgan fingerprint density at radius 2 is 0.617 bits per heavy atom. The van der Waals surface area contributed by atoms with Crippen molar-refractivity contribution < 1.29 is 24.5 Å². The third kappa shape index (κ3) is 67.1. The van der Waals surface area contributed by atoms with Crippen molar-refractivity contribution in [2.24, 2.45) is 0 Å². The number of rotatable bonds is 69. The molecule has 6 nitrogen and oxygen atoms in total. The summed E-state index contributed by atoms with van der Waals surface area (Å²) in [6, 6.07) is -0.542. The molecule has 2 unspecified atom stereocenters. The van der Waals surface area contributed by atoms with Crippen LogP contribution in [0.15, 0.2) is 36.5 Å². The number of ether oxygens (including phenoxy) is 1. The highest BCUT2D eigenvalue weighted by Gasteiger charge is 2.20. The Bertz CT molecular complexity index is 1310. The minimum absolute atomic E-state index is 0.0127. The average molecular weight is 1140 g/mol. The maximum absolute atomic E-state index is 12.5. The lowest BCUT2D eigenvalue weighted by Crippen LogP contribution is -2.45. The highest BCUT2D eigenvalue weighted by molar-refractivity contribution is 5.76. The van der Waals surface area contributed by atoms with Crippen molar-refractivity contribution in [2.75, 3.05) is 13.2 Å². The Balaban J connectivity index is 3.36. The van der Waals surface area contributed by atoms with E-state index in [0.717, 1.165) is 51.4 Å². The summed E-state index contributed by atoms with van der Waals surface area (Å²) in [5, 5.41) is 23.4. The van der Waals surface area contributed by atoms with Gasteiger partial charge in [0.15, 0.2) is 0 Å². The maximum Gasteiger partial charge on any atom is 0.305 e. The summed E-state index contributed by atoms with van der Waals surface area (Å²) in [6.07, 6.45) is 90.6. The van der Waals surface area contributed by atoms with Gasteiger partial charge in [-0.05, 0) is 83.5 Å². The Labute approximate surface area is 506 Å². The fourth-order valence-electron chi connectivity index (χ4n) is 11.6. The molecule has 0 saturated carbocycles. The molecule has 0 saturated heterocycles. The molecular formula is C75H143NO5. The number of unbranched alkanes of at least 4 members (excludes halogenated alkanes) is 52. The summed E-state index contributed by atoms with van der Waals surface area (Å²) < 4.78 is 5.51. The Hall–Kier alpha value is -1.92. The first-order chi connectivity index (χ1) is 40.0. The fourth-order valence-corrected chi connectivity index (χ4v) is 11.6. The van der Waals surface area contributed by atoms with E-state index in [2.05, 4.69) is 55.6 Å². The summed E-state index contributed by atoms with van der Waals surface area (Å²) in [5.41, 5.74) is 0. The first-order valence-corrected chi connectivity index (χ1v) is 36.7. The zero-order valence-corrected chi connectivity index (χ0v) is 54.8. The first kappa shape index (κ1) is 79.1. The third-order valence-corrected chi connectivity index (χ3v) is 17.2. The van der Waals surface area contributed by atoms with E-state index in [0.29, 0.717) is 25.9 Å². The molecule has 0 aromatic rings. The smallest absolute Gasteiger partial charge is 0.305 e. The predicted octanol–water partition coefficient (Wildman–Crippen LogP) is 23.9. The second kappa shape index (κ2) is 70.6. The summed E-state index contributed by atoms with van der Waals surface area (Å²) in [6.45, 7) is 4.96. The Morgan fingerprint density at radius 3 is 0.975 bits per heavy atom. The number of aliphatic hydroxyl groups excluding tert-OH is 2. The molecule has 81 heavy (non-hydrogen) atoms. The number of nitrogens with one attached hydrogen (secondary N) is 1. The van der Waals surface area contributed by atoms with E-state index in [-0.39, 0.29) is 18.5 Å². The first-order valence-electron chi connectivity index (χ1n) is 36.7. The number of esters is 1. The van der Waals surface area contributed by atoms with Crippen LogP contribution in [-0.4, -0.2) is 47.4 Å². The van der Waals surface area contributed by atoms with Gasteiger partial charge in [0.05, 0.1) is 25.4 Å². The van der Waals surface area contributed by atoms with Gasteiger partial charge in [-0.15, -0.1) is 0 Å². The number of hydrogen-bond acceptors (Lipinski definition) is 5. The van der Waals surface area contributed by atoms with Crippen LogP contribution in [0.5, 0.6) is 0 Å². The summed E-state index contributed by atoms with van der Waals surface area (Å²) >= 11 is 0. The van der Waals surface area contributed by atoms with Crippen LogP contribution < -0.4 is 5.32 Å². The summed E-state index contributed by atoms with van der Waals surface area (Å²) in [7, 11) is 0. The second-order valence-corrected chi connectivity index (χ2v) is 25.3. The van der Waals surface area contributed by atoms with Crippen molar-refractivity contribution in [2.45, 2.75) is 418 Å². The quantitative estimate of drug-likeness (QED) is 0.0320. The van der Waals surface area contributed by atoms with Crippen molar-refractivity contribution in [3.63, 3.8) is 0 Å². The molecule has 3 N–H and O–H groups in total. The monoisotopic (exact) mass is 1140 g/mol. The van der Waals surface area contributed by atoms with Crippen LogP contribution in [0.2, 0.25) is 0 Å². The lowest BCUT2D eigenvalue weighted by atomic mass is 10.0.